The Morgan fingerprint density at radius 2 is 1.69 bits per heavy atom. The average molecular weight is 376 g/mol. The lowest BCUT2D eigenvalue weighted by atomic mass is 9.94. The van der Waals surface area contributed by atoms with Crippen LogP contribution in [-0.4, -0.2) is 41.8 Å². The van der Waals surface area contributed by atoms with Crippen LogP contribution >= 0.6 is 12.4 Å². The minimum Gasteiger partial charge on any atom is -0.352 e. The minimum atomic E-state index is -0.301. The summed E-state index contributed by atoms with van der Waals surface area (Å²) in [5.41, 5.74) is 6.54. The van der Waals surface area contributed by atoms with Gasteiger partial charge in [0.25, 0.3) is 11.8 Å². The van der Waals surface area contributed by atoms with Crippen LogP contribution in [0.4, 0.5) is 0 Å². The third-order valence-electron chi connectivity index (χ3n) is 4.40. The molecule has 0 saturated carbocycles. The van der Waals surface area contributed by atoms with Gasteiger partial charge in [-0.15, -0.1) is 12.4 Å². The first-order valence-corrected chi connectivity index (χ1v) is 8.40. The Balaban J connectivity index is 0.00000243. The van der Waals surface area contributed by atoms with Crippen molar-refractivity contribution in [1.82, 2.24) is 10.2 Å². The maximum absolute atomic E-state index is 12.7. The van der Waals surface area contributed by atoms with Crippen molar-refractivity contribution in [1.29, 1.82) is 0 Å². The fourth-order valence-electron chi connectivity index (χ4n) is 3.09. The number of imide groups is 1. The molecule has 1 aliphatic heterocycles. The number of nitrogens with two attached hydrogens (primary N) is 1. The van der Waals surface area contributed by atoms with Crippen molar-refractivity contribution >= 4 is 40.9 Å². The van der Waals surface area contributed by atoms with Crippen molar-refractivity contribution in [2.75, 3.05) is 13.1 Å². The smallest absolute Gasteiger partial charge is 0.261 e. The van der Waals surface area contributed by atoms with Crippen LogP contribution < -0.4 is 11.1 Å². The summed E-state index contributed by atoms with van der Waals surface area (Å²) >= 11 is 0. The van der Waals surface area contributed by atoms with Gasteiger partial charge in [-0.25, -0.2) is 0 Å². The zero-order valence-electron chi connectivity index (χ0n) is 14.5. The number of nitrogens with zero attached hydrogens (tertiary/aromatic N) is 1. The van der Waals surface area contributed by atoms with E-state index in [4.69, 9.17) is 5.73 Å². The van der Waals surface area contributed by atoms with E-state index in [2.05, 4.69) is 5.32 Å². The van der Waals surface area contributed by atoms with Gasteiger partial charge in [0.05, 0.1) is 0 Å². The van der Waals surface area contributed by atoms with Crippen molar-refractivity contribution < 1.29 is 14.4 Å². The lowest BCUT2D eigenvalue weighted by Gasteiger charge is -2.27. The number of carbonyl (C=O) groups is 3. The van der Waals surface area contributed by atoms with Crippen LogP contribution in [0.5, 0.6) is 0 Å². The van der Waals surface area contributed by atoms with Crippen LogP contribution in [0.25, 0.3) is 10.8 Å². The second-order valence-corrected chi connectivity index (χ2v) is 6.28. The summed E-state index contributed by atoms with van der Waals surface area (Å²) in [6.45, 7) is 2.41. The highest BCUT2D eigenvalue weighted by atomic mass is 35.5. The second kappa shape index (κ2) is 8.29. The van der Waals surface area contributed by atoms with Gasteiger partial charge in [0.15, 0.2) is 0 Å². The molecule has 2 aromatic carbocycles. The fraction of sp³-hybridized carbons (Fsp3) is 0.316. The summed E-state index contributed by atoms with van der Waals surface area (Å²) < 4.78 is 0. The van der Waals surface area contributed by atoms with E-state index < -0.39 is 0 Å². The summed E-state index contributed by atoms with van der Waals surface area (Å²) in [6, 6.07) is 10.8. The fourth-order valence-corrected chi connectivity index (χ4v) is 3.09. The third kappa shape index (κ3) is 3.71. The lowest BCUT2D eigenvalue weighted by Crippen LogP contribution is -2.42. The Bertz CT molecular complexity index is 802. The molecule has 26 heavy (non-hydrogen) atoms. The molecule has 0 saturated heterocycles. The Labute approximate surface area is 158 Å². The van der Waals surface area contributed by atoms with Gasteiger partial charge in [0, 0.05) is 42.1 Å². The molecule has 3 amide bonds. The summed E-state index contributed by atoms with van der Waals surface area (Å²) in [6.07, 6.45) is 0.659. The van der Waals surface area contributed by atoms with E-state index in [1.165, 1.54) is 4.90 Å². The topological polar surface area (TPSA) is 92.5 Å². The molecule has 2 aromatic rings. The highest BCUT2D eigenvalue weighted by Crippen LogP contribution is 2.29. The number of hydrogen-bond donors (Lipinski definition) is 2. The first-order valence-electron chi connectivity index (χ1n) is 8.40. The zero-order valence-corrected chi connectivity index (χ0v) is 15.3. The van der Waals surface area contributed by atoms with Crippen LogP contribution in [0.2, 0.25) is 0 Å². The van der Waals surface area contributed by atoms with Gasteiger partial charge in [0.2, 0.25) is 5.91 Å². The maximum atomic E-state index is 12.7. The van der Waals surface area contributed by atoms with E-state index >= 15 is 0 Å². The number of nitrogens with one attached hydrogen (secondary N) is 1. The summed E-state index contributed by atoms with van der Waals surface area (Å²) in [5.74, 6) is -0.729. The minimum absolute atomic E-state index is 0. The predicted octanol–water partition coefficient (Wildman–Crippen LogP) is 2.10. The highest BCUT2D eigenvalue weighted by Gasteiger charge is 2.32. The van der Waals surface area contributed by atoms with Crippen molar-refractivity contribution in [2.24, 2.45) is 5.73 Å². The van der Waals surface area contributed by atoms with Crippen LogP contribution in [0.15, 0.2) is 36.4 Å². The number of amides is 3. The Morgan fingerprint density at radius 1 is 1.12 bits per heavy atom. The second-order valence-electron chi connectivity index (χ2n) is 6.28. The van der Waals surface area contributed by atoms with E-state index in [-0.39, 0.29) is 49.1 Å². The molecular formula is C19H22ClN3O3. The number of hydrogen-bond acceptors (Lipinski definition) is 4. The number of rotatable bonds is 6. The molecule has 0 radical (unpaired) electrons. The lowest BCUT2D eigenvalue weighted by molar-refractivity contribution is -0.121. The molecule has 3 N–H and O–H groups in total. The van der Waals surface area contributed by atoms with Gasteiger partial charge in [-0.05, 0) is 30.9 Å². The van der Waals surface area contributed by atoms with Crippen molar-refractivity contribution in [3.8, 4) is 0 Å². The molecule has 1 atom stereocenters. The molecule has 0 aromatic heterocycles. The quantitative estimate of drug-likeness (QED) is 0.756. The molecule has 0 spiro atoms. The van der Waals surface area contributed by atoms with Crippen LogP contribution in [0.3, 0.4) is 0 Å². The maximum Gasteiger partial charge on any atom is 0.261 e. The van der Waals surface area contributed by atoms with Gasteiger partial charge >= 0.3 is 0 Å². The normalized spacial score (nSPS) is 14.2. The van der Waals surface area contributed by atoms with Gasteiger partial charge in [-0.2, -0.15) is 0 Å². The molecule has 0 aliphatic carbocycles. The van der Waals surface area contributed by atoms with E-state index in [9.17, 15) is 14.4 Å². The molecule has 0 fully saturated rings. The highest BCUT2D eigenvalue weighted by molar-refractivity contribution is 6.25. The summed E-state index contributed by atoms with van der Waals surface area (Å²) in [7, 11) is 0. The first kappa shape index (κ1) is 19.9. The average Bonchev–Trinajstić information content (AvgIpc) is 2.62. The van der Waals surface area contributed by atoms with Crippen molar-refractivity contribution in [2.45, 2.75) is 25.8 Å². The summed E-state index contributed by atoms with van der Waals surface area (Å²) in [4.78, 5) is 38.5. The Hall–Kier alpha value is -2.44. The summed E-state index contributed by atoms with van der Waals surface area (Å²) in [5, 5.41) is 4.36. The molecule has 3 rings (SSSR count). The zero-order chi connectivity index (χ0) is 18.0. The number of halogens is 1. The molecule has 0 unspecified atom stereocenters. The Morgan fingerprint density at radius 3 is 2.23 bits per heavy atom. The van der Waals surface area contributed by atoms with Crippen LogP contribution in [-0.2, 0) is 4.79 Å². The SMILES string of the molecule is C[C@@H](CN)NC(=O)CCCN1C(=O)c2cccc3cccc(c23)C1=O.Cl. The van der Waals surface area contributed by atoms with Crippen molar-refractivity contribution in [3.05, 3.63) is 47.5 Å². The van der Waals surface area contributed by atoms with E-state index in [0.717, 1.165) is 5.39 Å². The largest absolute Gasteiger partial charge is 0.352 e. The van der Waals surface area contributed by atoms with Crippen LogP contribution in [0, 0.1) is 0 Å². The third-order valence-corrected chi connectivity index (χ3v) is 4.40. The number of benzene rings is 2. The predicted molar refractivity (Wildman–Crippen MR) is 102 cm³/mol. The Kier molecular flexibility index (Phi) is 6.34. The monoisotopic (exact) mass is 375 g/mol. The molecule has 138 valence electrons. The van der Waals surface area contributed by atoms with E-state index in [1.807, 2.05) is 31.2 Å². The van der Waals surface area contributed by atoms with Crippen LogP contribution in [0.1, 0.15) is 40.5 Å². The van der Waals surface area contributed by atoms with E-state index in [1.54, 1.807) is 12.1 Å². The first-order chi connectivity index (χ1) is 12.0. The molecule has 1 aliphatic rings. The van der Waals surface area contributed by atoms with Gasteiger partial charge < -0.3 is 11.1 Å². The van der Waals surface area contributed by atoms with Gasteiger partial charge in [0.1, 0.15) is 0 Å². The van der Waals surface area contributed by atoms with E-state index in [0.29, 0.717) is 29.5 Å². The number of carbonyl (C=O) groups excluding carboxylic acids is 3. The van der Waals surface area contributed by atoms with Crippen molar-refractivity contribution in [3.63, 3.8) is 0 Å². The molecule has 7 heteroatoms. The molecular weight excluding hydrogens is 354 g/mol. The molecule has 1 heterocycles. The molecule has 6 nitrogen and oxygen atoms in total. The standard InChI is InChI=1S/C19H21N3O3.ClH/c1-12(11-20)21-16(23)9-4-10-22-18(24)14-7-2-5-13-6-3-8-15(17(13)14)19(22)25;/h2-3,5-8,12H,4,9-11,20H2,1H3,(H,21,23);1H/t12-;/m0./s1. The molecule has 0 bridgehead atoms. The van der Waals surface area contributed by atoms with Gasteiger partial charge in [-0.1, -0.05) is 24.3 Å². The van der Waals surface area contributed by atoms with Gasteiger partial charge in [-0.3, -0.25) is 19.3 Å².